The van der Waals surface area contributed by atoms with Gasteiger partial charge in [0.15, 0.2) is 0 Å². The smallest absolute Gasteiger partial charge is 0.326 e. The minimum atomic E-state index is -1.20. The Balaban J connectivity index is 2.77. The molecule has 0 aliphatic rings. The highest BCUT2D eigenvalue weighted by atomic mass is 19.1. The first kappa shape index (κ1) is 16.3. The zero-order valence-electron chi connectivity index (χ0n) is 11.3. The van der Waals surface area contributed by atoms with Gasteiger partial charge in [0, 0.05) is 17.8 Å². The zero-order chi connectivity index (χ0) is 16.2. The van der Waals surface area contributed by atoms with E-state index in [0.717, 1.165) is 18.2 Å². The molecule has 21 heavy (non-hydrogen) atoms. The van der Waals surface area contributed by atoms with Gasteiger partial charge in [0.25, 0.3) is 0 Å². The number of anilines is 1. The van der Waals surface area contributed by atoms with Crippen LogP contribution in [0, 0.1) is 21.8 Å². The van der Waals surface area contributed by atoms with Crippen molar-refractivity contribution in [1.29, 1.82) is 0 Å². The summed E-state index contributed by atoms with van der Waals surface area (Å²) in [5, 5.41) is 23.8. The van der Waals surface area contributed by atoms with Crippen LogP contribution in [0.4, 0.5) is 20.6 Å². The molecule has 9 heteroatoms. The molecule has 0 saturated heterocycles. The molecule has 3 N–H and O–H groups in total. The van der Waals surface area contributed by atoms with Gasteiger partial charge in [-0.2, -0.15) is 4.39 Å². The lowest BCUT2D eigenvalue weighted by Gasteiger charge is -2.18. The number of amides is 2. The number of aliphatic carboxylic acids is 1. The molecule has 0 unspecified atom stereocenters. The van der Waals surface area contributed by atoms with Gasteiger partial charge >= 0.3 is 17.7 Å². The minimum Gasteiger partial charge on any atom is -0.480 e. The highest BCUT2D eigenvalue weighted by Crippen LogP contribution is 2.20. The third-order valence-electron chi connectivity index (χ3n) is 2.62. The highest BCUT2D eigenvalue weighted by molar-refractivity contribution is 5.92. The number of carboxylic acids is 1. The van der Waals surface area contributed by atoms with E-state index in [1.165, 1.54) is 0 Å². The summed E-state index contributed by atoms with van der Waals surface area (Å²) in [7, 11) is 0. The van der Waals surface area contributed by atoms with Gasteiger partial charge in [-0.3, -0.25) is 10.1 Å². The van der Waals surface area contributed by atoms with E-state index in [1.54, 1.807) is 13.8 Å². The third-order valence-corrected chi connectivity index (χ3v) is 2.62. The van der Waals surface area contributed by atoms with Crippen LogP contribution in [0.25, 0.3) is 0 Å². The van der Waals surface area contributed by atoms with Crippen LogP contribution in [0.1, 0.15) is 13.8 Å². The quantitative estimate of drug-likeness (QED) is 0.566. The zero-order valence-corrected chi connectivity index (χ0v) is 11.3. The number of carboxylic acid groups (broad SMARTS) is 1. The van der Waals surface area contributed by atoms with E-state index in [2.05, 4.69) is 10.6 Å². The number of carbonyl (C=O) groups is 2. The molecule has 0 aromatic heterocycles. The molecular weight excluding hydrogens is 285 g/mol. The van der Waals surface area contributed by atoms with E-state index < -0.39 is 34.5 Å². The van der Waals surface area contributed by atoms with Crippen molar-refractivity contribution in [3.8, 4) is 0 Å². The number of hydrogen-bond donors (Lipinski definition) is 3. The fraction of sp³-hybridized carbons (Fsp3) is 0.333. The van der Waals surface area contributed by atoms with Gasteiger partial charge in [0.1, 0.15) is 6.04 Å². The molecule has 8 nitrogen and oxygen atoms in total. The van der Waals surface area contributed by atoms with Gasteiger partial charge in [-0.25, -0.2) is 9.59 Å². The maximum Gasteiger partial charge on any atom is 0.326 e. The summed E-state index contributed by atoms with van der Waals surface area (Å²) in [6.07, 6.45) is 0. The number of urea groups is 1. The maximum atomic E-state index is 13.4. The topological polar surface area (TPSA) is 122 Å². The minimum absolute atomic E-state index is 0.0245. The van der Waals surface area contributed by atoms with E-state index in [0.29, 0.717) is 0 Å². The van der Waals surface area contributed by atoms with Gasteiger partial charge in [-0.1, -0.05) is 13.8 Å². The first-order valence-electron chi connectivity index (χ1n) is 5.96. The Bertz CT molecular complexity index is 576. The molecule has 2 amide bonds. The maximum absolute atomic E-state index is 13.4. The summed E-state index contributed by atoms with van der Waals surface area (Å²) >= 11 is 0. The molecule has 1 rings (SSSR count). The predicted octanol–water partition coefficient (Wildman–Crippen LogP) is 1.96. The van der Waals surface area contributed by atoms with Crippen LogP contribution in [0.2, 0.25) is 0 Å². The van der Waals surface area contributed by atoms with E-state index >= 15 is 0 Å². The predicted molar refractivity (Wildman–Crippen MR) is 71.5 cm³/mol. The number of hydrogen-bond acceptors (Lipinski definition) is 4. The van der Waals surface area contributed by atoms with Crippen molar-refractivity contribution < 1.29 is 24.0 Å². The van der Waals surface area contributed by atoms with Crippen LogP contribution >= 0.6 is 0 Å². The number of nitro groups is 1. The monoisotopic (exact) mass is 299 g/mol. The first-order valence-corrected chi connectivity index (χ1v) is 5.96. The number of nitrogens with zero attached hydrogens (tertiary/aromatic N) is 1. The Labute approximate surface area is 119 Å². The second-order valence-corrected chi connectivity index (χ2v) is 4.58. The fourth-order valence-electron chi connectivity index (χ4n) is 1.55. The van der Waals surface area contributed by atoms with Crippen molar-refractivity contribution in [3.05, 3.63) is 34.1 Å². The Morgan fingerprint density at radius 2 is 2.00 bits per heavy atom. The summed E-state index contributed by atoms with van der Waals surface area (Å²) < 4.78 is 13.4. The van der Waals surface area contributed by atoms with E-state index in [-0.39, 0.29) is 11.6 Å². The van der Waals surface area contributed by atoms with Crippen LogP contribution < -0.4 is 10.6 Å². The summed E-state index contributed by atoms with van der Waals surface area (Å²) in [5.41, 5.74) is -0.741. The molecular formula is C12H14FN3O5. The molecule has 0 fully saturated rings. The van der Waals surface area contributed by atoms with Crippen molar-refractivity contribution in [2.24, 2.45) is 5.92 Å². The molecule has 0 spiro atoms. The molecule has 0 radical (unpaired) electrons. The third kappa shape index (κ3) is 4.41. The molecule has 0 bridgehead atoms. The van der Waals surface area contributed by atoms with Crippen LogP contribution in [-0.4, -0.2) is 28.1 Å². The number of nitrogens with one attached hydrogen (secondary N) is 2. The SMILES string of the molecule is CC(C)[C@H](NC(=O)Nc1ccc([N+](=O)[O-])c(F)c1)C(=O)O. The number of benzene rings is 1. The van der Waals surface area contributed by atoms with Crippen LogP contribution in [0.15, 0.2) is 18.2 Å². The Morgan fingerprint density at radius 1 is 1.38 bits per heavy atom. The Kier molecular flexibility index (Phi) is 5.17. The summed E-state index contributed by atoms with van der Waals surface area (Å²) in [6, 6.07) is 0.883. The molecule has 0 saturated carbocycles. The van der Waals surface area contributed by atoms with Crippen molar-refractivity contribution in [1.82, 2.24) is 5.32 Å². The second kappa shape index (κ2) is 6.64. The van der Waals surface area contributed by atoms with Crippen molar-refractivity contribution >= 4 is 23.4 Å². The van der Waals surface area contributed by atoms with Crippen LogP contribution in [-0.2, 0) is 4.79 Å². The summed E-state index contributed by atoms with van der Waals surface area (Å²) in [4.78, 5) is 32.1. The average molecular weight is 299 g/mol. The number of halogens is 1. The molecule has 1 atom stereocenters. The standard InChI is InChI=1S/C12H14FN3O5/c1-6(2)10(11(17)18)15-12(19)14-7-3-4-9(16(20)21)8(13)5-7/h3-6,10H,1-2H3,(H,17,18)(H2,14,15,19)/t10-/m0/s1. The Hall–Kier alpha value is -2.71. The second-order valence-electron chi connectivity index (χ2n) is 4.58. The molecule has 0 aliphatic carbocycles. The summed E-state index contributed by atoms with van der Waals surface area (Å²) in [5.74, 6) is -2.65. The first-order chi connectivity index (χ1) is 9.72. The van der Waals surface area contributed by atoms with Gasteiger partial charge in [0.05, 0.1) is 4.92 Å². The van der Waals surface area contributed by atoms with E-state index in [9.17, 15) is 24.1 Å². The molecule has 114 valence electrons. The molecule has 1 aromatic carbocycles. The fourth-order valence-corrected chi connectivity index (χ4v) is 1.55. The van der Waals surface area contributed by atoms with Gasteiger partial charge in [-0.05, 0) is 12.0 Å². The van der Waals surface area contributed by atoms with Crippen molar-refractivity contribution in [2.45, 2.75) is 19.9 Å². The normalized spacial score (nSPS) is 11.8. The van der Waals surface area contributed by atoms with Crippen LogP contribution in [0.3, 0.4) is 0 Å². The average Bonchev–Trinajstić information content (AvgIpc) is 2.34. The lowest BCUT2D eigenvalue weighted by atomic mass is 10.1. The van der Waals surface area contributed by atoms with Crippen LogP contribution in [0.5, 0.6) is 0 Å². The highest BCUT2D eigenvalue weighted by Gasteiger charge is 2.23. The van der Waals surface area contributed by atoms with Gasteiger partial charge < -0.3 is 15.7 Å². The number of nitro benzene ring substituents is 1. The van der Waals surface area contributed by atoms with Crippen molar-refractivity contribution in [2.75, 3.05) is 5.32 Å². The summed E-state index contributed by atoms with van der Waals surface area (Å²) in [6.45, 7) is 3.23. The van der Waals surface area contributed by atoms with Gasteiger partial charge in [-0.15, -0.1) is 0 Å². The molecule has 0 heterocycles. The lowest BCUT2D eigenvalue weighted by molar-refractivity contribution is -0.387. The number of rotatable bonds is 5. The van der Waals surface area contributed by atoms with E-state index in [4.69, 9.17) is 5.11 Å². The van der Waals surface area contributed by atoms with Crippen molar-refractivity contribution in [3.63, 3.8) is 0 Å². The molecule has 1 aromatic rings. The Morgan fingerprint density at radius 3 is 2.43 bits per heavy atom. The lowest BCUT2D eigenvalue weighted by Crippen LogP contribution is -2.46. The van der Waals surface area contributed by atoms with Gasteiger partial charge in [0.2, 0.25) is 5.82 Å². The largest absolute Gasteiger partial charge is 0.480 e. The number of carbonyl (C=O) groups excluding carboxylic acids is 1. The molecule has 0 aliphatic heterocycles. The van der Waals surface area contributed by atoms with E-state index in [1.807, 2.05) is 0 Å².